The molecule has 3 nitrogen and oxygen atoms in total. The highest BCUT2D eigenvalue weighted by atomic mass is 16.5. The Morgan fingerprint density at radius 3 is 2.50 bits per heavy atom. The van der Waals surface area contributed by atoms with Crippen LogP contribution in [0.4, 0.5) is 0 Å². The lowest BCUT2D eigenvalue weighted by Gasteiger charge is -2.37. The van der Waals surface area contributed by atoms with E-state index in [1.165, 1.54) is 18.4 Å². The fraction of sp³-hybridized carbons (Fsp3) is 0.643. The first kappa shape index (κ1) is 13.6. The van der Waals surface area contributed by atoms with Crippen molar-refractivity contribution in [1.29, 1.82) is 0 Å². The molecule has 1 aliphatic carbocycles. The molecular weight excluding hydrogens is 225 g/mol. The maximum atomic E-state index is 10.0. The fourth-order valence-corrected chi connectivity index (χ4v) is 1.54. The molecule has 18 heavy (non-hydrogen) atoms. The summed E-state index contributed by atoms with van der Waals surface area (Å²) in [5, 5.41) is 10.0. The van der Waals surface area contributed by atoms with Crippen LogP contribution in [-0.4, -0.2) is 28.8 Å². The van der Waals surface area contributed by atoms with E-state index in [4.69, 9.17) is 4.65 Å². The summed E-state index contributed by atoms with van der Waals surface area (Å²) in [5.74, 6) is 0.688. The molecule has 0 bridgehead atoms. The molecule has 1 aliphatic rings. The van der Waals surface area contributed by atoms with Crippen LogP contribution in [0.1, 0.15) is 52.0 Å². The third-order valence-corrected chi connectivity index (χ3v) is 3.79. The van der Waals surface area contributed by atoms with Gasteiger partial charge in [0.05, 0.1) is 11.2 Å². The van der Waals surface area contributed by atoms with E-state index in [1.807, 2.05) is 20.0 Å². The van der Waals surface area contributed by atoms with Crippen LogP contribution in [0.3, 0.4) is 0 Å². The molecule has 1 fully saturated rings. The monoisotopic (exact) mass is 246 g/mol. The van der Waals surface area contributed by atoms with Gasteiger partial charge in [0.15, 0.2) is 0 Å². The van der Waals surface area contributed by atoms with Gasteiger partial charge >= 0.3 is 7.48 Å². The van der Waals surface area contributed by atoms with Crippen LogP contribution in [0.2, 0.25) is 0 Å². The highest BCUT2D eigenvalue weighted by Gasteiger charge is 2.35. The van der Waals surface area contributed by atoms with Gasteiger partial charge in [-0.2, -0.15) is 0 Å². The van der Waals surface area contributed by atoms with Gasteiger partial charge in [-0.3, -0.25) is 4.98 Å². The van der Waals surface area contributed by atoms with Crippen LogP contribution in [0.5, 0.6) is 0 Å². The molecule has 0 amide bonds. The number of aliphatic hydroxyl groups is 1. The lowest BCUT2D eigenvalue weighted by molar-refractivity contribution is -0.0893. The molecule has 0 aliphatic heterocycles. The predicted molar refractivity (Wildman–Crippen MR) is 73.1 cm³/mol. The van der Waals surface area contributed by atoms with Crippen molar-refractivity contribution in [1.82, 2.24) is 4.98 Å². The van der Waals surface area contributed by atoms with Gasteiger partial charge in [-0.15, -0.1) is 0 Å². The van der Waals surface area contributed by atoms with Gasteiger partial charge in [-0.25, -0.2) is 0 Å². The maximum absolute atomic E-state index is 10.0. The van der Waals surface area contributed by atoms with Gasteiger partial charge in [0, 0.05) is 12.4 Å². The molecule has 0 saturated heterocycles. The standard InChI is InChI=1S/C14H21BNO2/c1-13(2,17)14(3,4)18-15-12-7-11(8-16-9-12)10-5-6-10/h7-10,17H,5-6H2,1-4H3. The first-order valence-corrected chi connectivity index (χ1v) is 6.48. The molecule has 2 rings (SSSR count). The minimum Gasteiger partial charge on any atom is -0.427 e. The van der Waals surface area contributed by atoms with Crippen molar-refractivity contribution in [3.63, 3.8) is 0 Å². The summed E-state index contributed by atoms with van der Waals surface area (Å²) in [5.41, 5.74) is 0.707. The summed E-state index contributed by atoms with van der Waals surface area (Å²) >= 11 is 0. The minimum absolute atomic E-state index is 0.636. The second kappa shape index (κ2) is 4.67. The van der Waals surface area contributed by atoms with E-state index in [-0.39, 0.29) is 0 Å². The van der Waals surface area contributed by atoms with Crippen LogP contribution in [-0.2, 0) is 4.65 Å². The number of hydrogen-bond acceptors (Lipinski definition) is 3. The van der Waals surface area contributed by atoms with E-state index in [0.29, 0.717) is 5.92 Å². The molecule has 1 aromatic rings. The summed E-state index contributed by atoms with van der Waals surface area (Å²) in [6.45, 7) is 7.25. The number of hydrogen-bond donors (Lipinski definition) is 1. The molecule has 0 atom stereocenters. The van der Waals surface area contributed by atoms with Crippen LogP contribution < -0.4 is 5.46 Å². The summed E-state index contributed by atoms with van der Waals surface area (Å²) in [4.78, 5) is 4.23. The van der Waals surface area contributed by atoms with E-state index >= 15 is 0 Å². The fourth-order valence-electron chi connectivity index (χ4n) is 1.54. The highest BCUT2D eigenvalue weighted by Crippen LogP contribution is 2.39. The Morgan fingerprint density at radius 2 is 1.94 bits per heavy atom. The van der Waals surface area contributed by atoms with Gasteiger partial charge in [-0.05, 0) is 57.5 Å². The van der Waals surface area contributed by atoms with Crippen molar-refractivity contribution in [2.45, 2.75) is 57.7 Å². The second-order valence-electron chi connectivity index (χ2n) is 6.13. The largest absolute Gasteiger partial charge is 0.427 e. The molecule has 1 saturated carbocycles. The molecular formula is C14H21BNO2. The normalized spacial score (nSPS) is 16.7. The molecule has 0 aromatic carbocycles. The van der Waals surface area contributed by atoms with Crippen molar-refractivity contribution in [3.8, 4) is 0 Å². The van der Waals surface area contributed by atoms with E-state index in [1.54, 1.807) is 27.5 Å². The number of rotatable bonds is 5. The van der Waals surface area contributed by atoms with Crippen LogP contribution in [0.15, 0.2) is 18.5 Å². The van der Waals surface area contributed by atoms with Crippen molar-refractivity contribution in [2.24, 2.45) is 0 Å². The van der Waals surface area contributed by atoms with E-state index in [0.717, 1.165) is 5.46 Å². The van der Waals surface area contributed by atoms with E-state index in [9.17, 15) is 5.11 Å². The zero-order chi connectivity index (χ0) is 13.4. The lowest BCUT2D eigenvalue weighted by atomic mass is 9.83. The van der Waals surface area contributed by atoms with Gasteiger partial charge in [0.25, 0.3) is 0 Å². The van der Waals surface area contributed by atoms with Crippen molar-refractivity contribution >= 4 is 12.9 Å². The zero-order valence-electron chi connectivity index (χ0n) is 11.6. The van der Waals surface area contributed by atoms with Crippen molar-refractivity contribution in [2.75, 3.05) is 0 Å². The van der Waals surface area contributed by atoms with E-state index < -0.39 is 11.2 Å². The number of aromatic nitrogens is 1. The summed E-state index contributed by atoms with van der Waals surface area (Å²) in [6, 6.07) is 2.12. The summed E-state index contributed by atoms with van der Waals surface area (Å²) in [6.07, 6.45) is 6.24. The number of nitrogens with zero attached hydrogens (tertiary/aromatic N) is 1. The first-order valence-electron chi connectivity index (χ1n) is 6.48. The van der Waals surface area contributed by atoms with Crippen molar-refractivity contribution < 1.29 is 9.76 Å². The molecule has 1 N–H and O–H groups in total. The Bertz CT molecular complexity index is 422. The maximum Gasteiger partial charge on any atom is 0.332 e. The molecule has 0 spiro atoms. The minimum atomic E-state index is -0.898. The summed E-state index contributed by atoms with van der Waals surface area (Å²) < 4.78 is 5.72. The van der Waals surface area contributed by atoms with Crippen LogP contribution in [0, 0.1) is 0 Å². The van der Waals surface area contributed by atoms with Crippen LogP contribution >= 0.6 is 0 Å². The first-order chi connectivity index (χ1) is 8.29. The Kier molecular flexibility index (Phi) is 3.52. The average molecular weight is 246 g/mol. The molecule has 0 unspecified atom stereocenters. The molecule has 1 radical (unpaired) electrons. The molecule has 1 aromatic heterocycles. The molecule has 1 heterocycles. The Balaban J connectivity index is 1.99. The topological polar surface area (TPSA) is 42.4 Å². The highest BCUT2D eigenvalue weighted by molar-refractivity contribution is 6.46. The third kappa shape index (κ3) is 3.12. The van der Waals surface area contributed by atoms with Crippen molar-refractivity contribution in [3.05, 3.63) is 24.0 Å². The third-order valence-electron chi connectivity index (χ3n) is 3.79. The SMILES string of the molecule is CC(C)(O)C(C)(C)O[B]c1cncc(C2CC2)c1. The zero-order valence-corrected chi connectivity index (χ0v) is 11.6. The number of pyridine rings is 1. The van der Waals surface area contributed by atoms with Gasteiger partial charge < -0.3 is 9.76 Å². The molecule has 4 heteroatoms. The quantitative estimate of drug-likeness (QED) is 0.805. The second-order valence-corrected chi connectivity index (χ2v) is 6.13. The smallest absolute Gasteiger partial charge is 0.332 e. The van der Waals surface area contributed by atoms with Gasteiger partial charge in [0.1, 0.15) is 0 Å². The van der Waals surface area contributed by atoms with E-state index in [2.05, 4.69) is 11.1 Å². The summed E-state index contributed by atoms with van der Waals surface area (Å²) in [7, 11) is 1.69. The van der Waals surface area contributed by atoms with Crippen LogP contribution in [0.25, 0.3) is 0 Å². The average Bonchev–Trinajstić information content (AvgIpc) is 3.09. The lowest BCUT2D eigenvalue weighted by Crippen LogP contribution is -2.49. The Hall–Kier alpha value is -0.865. The van der Waals surface area contributed by atoms with Gasteiger partial charge in [0.2, 0.25) is 0 Å². The Morgan fingerprint density at radius 1 is 1.28 bits per heavy atom. The van der Waals surface area contributed by atoms with Gasteiger partial charge in [-0.1, -0.05) is 6.07 Å². The predicted octanol–water partition coefficient (Wildman–Crippen LogP) is 1.77. The molecule has 97 valence electrons. The Labute approximate surface area is 110 Å².